The fourth-order valence-electron chi connectivity index (χ4n) is 2.70. The van der Waals surface area contributed by atoms with Crippen molar-refractivity contribution >= 4 is 33.5 Å². The van der Waals surface area contributed by atoms with E-state index in [0.29, 0.717) is 0 Å². The number of nitrogens with zero attached hydrogens (tertiary/aromatic N) is 2. The molecule has 3 aromatic rings. The number of amidine groups is 1. The second kappa shape index (κ2) is 7.38. The summed E-state index contributed by atoms with van der Waals surface area (Å²) in [6.07, 6.45) is 5.21. The Bertz CT molecular complexity index is 806. The summed E-state index contributed by atoms with van der Waals surface area (Å²) in [5.74, 6) is 0. The second-order valence-electron chi connectivity index (χ2n) is 5.41. The van der Waals surface area contributed by atoms with Gasteiger partial charge in [0.2, 0.25) is 0 Å². The van der Waals surface area contributed by atoms with Crippen LogP contribution in [0.5, 0.6) is 0 Å². The van der Waals surface area contributed by atoms with Crippen LogP contribution in [-0.2, 0) is 13.5 Å². The number of aryl methyl sites for hydroxylation is 1. The minimum atomic E-state index is 0.782. The molecule has 1 heterocycles. The molecule has 0 aliphatic rings. The van der Waals surface area contributed by atoms with Crippen molar-refractivity contribution in [1.82, 2.24) is 4.57 Å². The molecule has 0 saturated carbocycles. The third-order valence-electron chi connectivity index (χ3n) is 3.83. The van der Waals surface area contributed by atoms with Crippen LogP contribution in [0.3, 0.4) is 0 Å². The summed E-state index contributed by atoms with van der Waals surface area (Å²) < 4.78 is 2.19. The first-order chi connectivity index (χ1) is 11.3. The number of hydrogen-bond donors (Lipinski definition) is 1. The van der Waals surface area contributed by atoms with Gasteiger partial charge in [0, 0.05) is 36.4 Å². The van der Waals surface area contributed by atoms with E-state index >= 15 is 0 Å². The Balaban J connectivity index is 1.69. The topological polar surface area (TPSA) is 29.3 Å². The van der Waals surface area contributed by atoms with E-state index in [1.807, 2.05) is 24.5 Å². The lowest BCUT2D eigenvalue weighted by molar-refractivity contribution is 0.930. The molecule has 4 heteroatoms. The summed E-state index contributed by atoms with van der Waals surface area (Å²) in [5.41, 5.74) is 3.71. The highest BCUT2D eigenvalue weighted by molar-refractivity contribution is 8.13. The smallest absolute Gasteiger partial charge is 0.160 e. The van der Waals surface area contributed by atoms with E-state index in [0.717, 1.165) is 23.8 Å². The van der Waals surface area contributed by atoms with E-state index in [2.05, 4.69) is 59.5 Å². The lowest BCUT2D eigenvalue weighted by atomic mass is 10.1. The third kappa shape index (κ3) is 3.77. The van der Waals surface area contributed by atoms with Gasteiger partial charge in [-0.3, -0.25) is 4.99 Å². The molecule has 1 N–H and O–H groups in total. The van der Waals surface area contributed by atoms with Crippen LogP contribution in [-0.4, -0.2) is 22.5 Å². The van der Waals surface area contributed by atoms with Gasteiger partial charge < -0.3 is 9.88 Å². The zero-order valence-corrected chi connectivity index (χ0v) is 14.3. The van der Waals surface area contributed by atoms with Gasteiger partial charge in [0.15, 0.2) is 5.17 Å². The van der Waals surface area contributed by atoms with Crippen LogP contribution < -0.4 is 5.32 Å². The summed E-state index contributed by atoms with van der Waals surface area (Å²) in [6, 6.07) is 18.7. The standard InChI is InChI=1S/C19H21N3S/c1-22-14-15(17-10-6-7-11-18(17)22)12-13-20-19(23-2)21-16-8-4-3-5-9-16/h3-11,14H,12-13H2,1-2H3,(H,20,21). The van der Waals surface area contributed by atoms with Crippen molar-refractivity contribution in [1.29, 1.82) is 0 Å². The average molecular weight is 323 g/mol. The fraction of sp³-hybridized carbons (Fsp3) is 0.211. The molecule has 3 nitrogen and oxygen atoms in total. The number of para-hydroxylation sites is 2. The molecule has 0 atom stereocenters. The molecule has 0 radical (unpaired) electrons. The number of aromatic nitrogens is 1. The van der Waals surface area contributed by atoms with Gasteiger partial charge in [-0.1, -0.05) is 48.2 Å². The molecule has 0 amide bonds. The van der Waals surface area contributed by atoms with Gasteiger partial charge >= 0.3 is 0 Å². The number of thioether (sulfide) groups is 1. The first-order valence-electron chi connectivity index (χ1n) is 7.71. The molecule has 2 aromatic carbocycles. The number of hydrogen-bond acceptors (Lipinski definition) is 2. The fourth-order valence-corrected chi connectivity index (χ4v) is 3.14. The molecule has 0 bridgehead atoms. The Morgan fingerprint density at radius 3 is 2.61 bits per heavy atom. The normalized spacial score (nSPS) is 11.8. The SMILES string of the molecule is CSC(=NCCc1cn(C)c2ccccc12)Nc1ccccc1. The van der Waals surface area contributed by atoms with Crippen molar-refractivity contribution in [3.05, 3.63) is 66.4 Å². The van der Waals surface area contributed by atoms with E-state index < -0.39 is 0 Å². The molecular weight excluding hydrogens is 302 g/mol. The van der Waals surface area contributed by atoms with E-state index in [9.17, 15) is 0 Å². The van der Waals surface area contributed by atoms with Crippen LogP contribution in [0.4, 0.5) is 5.69 Å². The minimum Gasteiger partial charge on any atom is -0.350 e. The zero-order chi connectivity index (χ0) is 16.1. The molecule has 0 aliphatic carbocycles. The predicted molar refractivity (Wildman–Crippen MR) is 103 cm³/mol. The molecular formula is C19H21N3S. The summed E-state index contributed by atoms with van der Waals surface area (Å²) >= 11 is 1.64. The molecule has 1 aromatic heterocycles. The highest BCUT2D eigenvalue weighted by atomic mass is 32.2. The Kier molecular flexibility index (Phi) is 5.03. The van der Waals surface area contributed by atoms with Crippen LogP contribution in [0.15, 0.2) is 65.8 Å². The second-order valence-corrected chi connectivity index (χ2v) is 6.21. The van der Waals surface area contributed by atoms with E-state index in [1.165, 1.54) is 16.5 Å². The zero-order valence-electron chi connectivity index (χ0n) is 13.5. The molecule has 3 rings (SSSR count). The van der Waals surface area contributed by atoms with Gasteiger partial charge in [-0.25, -0.2) is 0 Å². The van der Waals surface area contributed by atoms with Crippen LogP contribution in [0.1, 0.15) is 5.56 Å². The van der Waals surface area contributed by atoms with Gasteiger partial charge in [-0.2, -0.15) is 0 Å². The number of aliphatic imine (C=N–C) groups is 1. The van der Waals surface area contributed by atoms with Crippen LogP contribution in [0.2, 0.25) is 0 Å². The molecule has 0 aliphatic heterocycles. The van der Waals surface area contributed by atoms with Crippen molar-refractivity contribution in [2.75, 3.05) is 18.1 Å². The molecule has 23 heavy (non-hydrogen) atoms. The van der Waals surface area contributed by atoms with E-state index in [1.54, 1.807) is 11.8 Å². The summed E-state index contributed by atoms with van der Waals surface area (Å²) in [5, 5.41) is 5.65. The number of nitrogens with one attached hydrogen (secondary N) is 1. The summed E-state index contributed by atoms with van der Waals surface area (Å²) in [7, 11) is 2.10. The molecule has 118 valence electrons. The molecule has 0 fully saturated rings. The van der Waals surface area contributed by atoms with Gasteiger partial charge in [0.05, 0.1) is 0 Å². The summed E-state index contributed by atoms with van der Waals surface area (Å²) in [6.45, 7) is 0.782. The quantitative estimate of drug-likeness (QED) is 0.564. The lowest BCUT2D eigenvalue weighted by Gasteiger charge is -2.07. The van der Waals surface area contributed by atoms with Gasteiger partial charge in [-0.05, 0) is 36.4 Å². The van der Waals surface area contributed by atoms with E-state index in [4.69, 9.17) is 4.99 Å². The highest BCUT2D eigenvalue weighted by Gasteiger charge is 2.05. The summed E-state index contributed by atoms with van der Waals surface area (Å²) in [4.78, 5) is 4.71. The van der Waals surface area contributed by atoms with Crippen molar-refractivity contribution in [3.63, 3.8) is 0 Å². The highest BCUT2D eigenvalue weighted by Crippen LogP contribution is 2.20. The largest absolute Gasteiger partial charge is 0.350 e. The maximum absolute atomic E-state index is 4.71. The predicted octanol–water partition coefficient (Wildman–Crippen LogP) is 4.55. The molecule has 0 saturated heterocycles. The van der Waals surface area contributed by atoms with Crippen LogP contribution in [0.25, 0.3) is 10.9 Å². The lowest BCUT2D eigenvalue weighted by Crippen LogP contribution is -2.08. The first-order valence-corrected chi connectivity index (χ1v) is 8.94. The minimum absolute atomic E-state index is 0.782. The van der Waals surface area contributed by atoms with Crippen molar-refractivity contribution in [2.45, 2.75) is 6.42 Å². The Labute approximate surface area is 141 Å². The number of benzene rings is 2. The third-order valence-corrected chi connectivity index (χ3v) is 4.45. The number of fused-ring (bicyclic) bond motifs is 1. The van der Waals surface area contributed by atoms with Crippen molar-refractivity contribution in [2.24, 2.45) is 12.0 Å². The first kappa shape index (κ1) is 15.7. The Morgan fingerprint density at radius 1 is 1.09 bits per heavy atom. The van der Waals surface area contributed by atoms with Gasteiger partial charge in [0.1, 0.15) is 0 Å². The van der Waals surface area contributed by atoms with Gasteiger partial charge in [0.25, 0.3) is 0 Å². The van der Waals surface area contributed by atoms with Crippen molar-refractivity contribution < 1.29 is 0 Å². The Hall–Kier alpha value is -2.20. The van der Waals surface area contributed by atoms with Crippen LogP contribution in [0, 0.1) is 0 Å². The van der Waals surface area contributed by atoms with Crippen LogP contribution >= 0.6 is 11.8 Å². The molecule has 0 spiro atoms. The van der Waals surface area contributed by atoms with Gasteiger partial charge in [-0.15, -0.1) is 0 Å². The van der Waals surface area contributed by atoms with E-state index in [-0.39, 0.29) is 0 Å². The monoisotopic (exact) mass is 323 g/mol. The maximum atomic E-state index is 4.71. The number of rotatable bonds is 4. The number of anilines is 1. The average Bonchev–Trinajstić information content (AvgIpc) is 2.91. The molecule has 0 unspecified atom stereocenters. The maximum Gasteiger partial charge on any atom is 0.160 e. The Morgan fingerprint density at radius 2 is 1.83 bits per heavy atom. The van der Waals surface area contributed by atoms with Crippen molar-refractivity contribution in [3.8, 4) is 0 Å².